The van der Waals surface area contributed by atoms with E-state index < -0.39 is 0 Å². The smallest absolute Gasteiger partial charge is 0.236 e. The largest absolute Gasteiger partial charge is 0.494 e. The zero-order valence-corrected chi connectivity index (χ0v) is 46.9. The van der Waals surface area contributed by atoms with Crippen molar-refractivity contribution in [3.63, 3.8) is 0 Å². The highest BCUT2D eigenvalue weighted by Crippen LogP contribution is 2.16. The van der Waals surface area contributed by atoms with Gasteiger partial charge in [-0.3, -0.25) is 14.4 Å². The molecule has 0 saturated heterocycles. The van der Waals surface area contributed by atoms with Crippen LogP contribution in [0, 0.1) is 0 Å². The molecular weight excluding hydrogens is 901 g/mol. The van der Waals surface area contributed by atoms with Gasteiger partial charge >= 0.3 is 0 Å². The van der Waals surface area contributed by atoms with Gasteiger partial charge in [0.15, 0.2) is 0 Å². The van der Waals surface area contributed by atoms with Crippen molar-refractivity contribution in [2.24, 2.45) is 0 Å². The lowest BCUT2D eigenvalue weighted by Crippen LogP contribution is -2.39. The molecule has 0 atom stereocenters. The Bertz CT molecular complexity index is 1780. The second-order valence-corrected chi connectivity index (χ2v) is 18.4. The molecule has 3 amide bonds. The highest BCUT2D eigenvalue weighted by molar-refractivity contribution is 5.79. The van der Waals surface area contributed by atoms with Gasteiger partial charge in [0, 0.05) is 39.3 Å². The third kappa shape index (κ3) is 32.4. The molecule has 0 saturated carbocycles. The summed E-state index contributed by atoms with van der Waals surface area (Å²) in [5.41, 5.74) is 3.72. The van der Waals surface area contributed by atoms with Crippen LogP contribution >= 0.6 is 0 Å². The number of hydrogen-bond acceptors (Lipinski definition) is 9. The molecule has 0 spiro atoms. The minimum absolute atomic E-state index is 0.168. The molecule has 3 aromatic carbocycles. The maximum absolute atomic E-state index is 12.4. The summed E-state index contributed by atoms with van der Waals surface area (Å²) in [6.07, 6.45) is 15.8. The number of ether oxygens (including phenoxy) is 3. The monoisotopic (exact) mass is 1000 g/mol. The van der Waals surface area contributed by atoms with Gasteiger partial charge in [0.05, 0.1) is 39.5 Å². The van der Waals surface area contributed by atoms with Gasteiger partial charge in [0.2, 0.25) is 17.7 Å². The van der Waals surface area contributed by atoms with Gasteiger partial charge in [-0.2, -0.15) is 0 Å². The first-order valence-corrected chi connectivity index (χ1v) is 28.2. The predicted molar refractivity (Wildman–Crippen MR) is 302 cm³/mol. The summed E-state index contributed by atoms with van der Waals surface area (Å²) in [6, 6.07) is 24.7. The van der Waals surface area contributed by atoms with E-state index in [4.69, 9.17) is 14.2 Å². The van der Waals surface area contributed by atoms with Crippen molar-refractivity contribution in [2.45, 2.75) is 159 Å². The normalized spacial score (nSPS) is 10.6. The Morgan fingerprint density at radius 3 is 0.986 bits per heavy atom. The summed E-state index contributed by atoms with van der Waals surface area (Å²) >= 11 is 0. The van der Waals surface area contributed by atoms with Crippen LogP contribution in [0.5, 0.6) is 17.2 Å². The van der Waals surface area contributed by atoms with E-state index in [1.807, 2.05) is 64.9 Å². The Kier molecular flexibility index (Phi) is 40.9. The summed E-state index contributed by atoms with van der Waals surface area (Å²) in [5, 5.41) is 9.80. The summed E-state index contributed by atoms with van der Waals surface area (Å²) in [7, 11) is 0. The fourth-order valence-electron chi connectivity index (χ4n) is 7.53. The quantitative estimate of drug-likeness (QED) is 0.0479. The molecular formula is C60H102N6O6. The summed E-state index contributed by atoms with van der Waals surface area (Å²) in [5.74, 6) is 3.41. The molecule has 3 N–H and O–H groups in total. The van der Waals surface area contributed by atoms with Crippen molar-refractivity contribution in [3.05, 3.63) is 89.5 Å². The van der Waals surface area contributed by atoms with Crippen molar-refractivity contribution >= 4 is 17.7 Å². The van der Waals surface area contributed by atoms with Crippen LogP contribution in [0.1, 0.15) is 156 Å². The van der Waals surface area contributed by atoms with Crippen LogP contribution < -0.4 is 30.2 Å². The molecule has 0 unspecified atom stereocenters. The summed E-state index contributed by atoms with van der Waals surface area (Å²) in [4.78, 5) is 42.3. The van der Waals surface area contributed by atoms with E-state index in [9.17, 15) is 14.4 Å². The van der Waals surface area contributed by atoms with Crippen molar-refractivity contribution in [3.8, 4) is 17.2 Å². The van der Waals surface area contributed by atoms with Gasteiger partial charge in [0.25, 0.3) is 0 Å². The molecule has 0 fully saturated rings. The van der Waals surface area contributed by atoms with E-state index in [-0.39, 0.29) is 17.7 Å². The van der Waals surface area contributed by atoms with Crippen LogP contribution in [-0.4, -0.2) is 131 Å². The molecule has 408 valence electrons. The molecule has 0 aliphatic carbocycles. The number of carbonyl (C=O) groups is 3. The fraction of sp³-hybridized carbons (Fsp3) is 0.650. The summed E-state index contributed by atoms with van der Waals surface area (Å²) < 4.78 is 17.2. The first kappa shape index (κ1) is 65.4. The van der Waals surface area contributed by atoms with Crippen molar-refractivity contribution in [1.29, 1.82) is 0 Å². The van der Waals surface area contributed by atoms with Gasteiger partial charge < -0.3 is 44.9 Å². The number of nitrogens with zero attached hydrogens (tertiary/aromatic N) is 3. The maximum atomic E-state index is 12.4. The summed E-state index contributed by atoms with van der Waals surface area (Å²) in [6.45, 7) is 30.1. The topological polar surface area (TPSA) is 125 Å². The molecule has 0 aromatic heterocycles. The lowest BCUT2D eigenvalue weighted by molar-refractivity contribution is -0.131. The Morgan fingerprint density at radius 1 is 0.389 bits per heavy atom. The number of benzene rings is 3. The van der Waals surface area contributed by atoms with Crippen LogP contribution in [0.25, 0.3) is 0 Å². The molecule has 0 aliphatic rings. The van der Waals surface area contributed by atoms with Crippen molar-refractivity contribution < 1.29 is 28.6 Å². The van der Waals surface area contributed by atoms with Crippen LogP contribution in [0.15, 0.2) is 72.8 Å². The third-order valence-corrected chi connectivity index (χ3v) is 12.0. The number of rotatable bonds is 39. The highest BCUT2D eigenvalue weighted by Gasteiger charge is 2.13. The predicted octanol–water partition coefficient (Wildman–Crippen LogP) is 10.9. The average molecular weight is 1000 g/mol. The molecule has 0 aliphatic heterocycles. The number of carbonyl (C=O) groups excluding carboxylic acids is 3. The van der Waals surface area contributed by atoms with Gasteiger partial charge in [0.1, 0.15) is 17.2 Å². The van der Waals surface area contributed by atoms with E-state index in [1.165, 1.54) is 16.7 Å². The van der Waals surface area contributed by atoms with Gasteiger partial charge in [-0.25, -0.2) is 0 Å². The molecule has 0 heterocycles. The van der Waals surface area contributed by atoms with Gasteiger partial charge in [-0.05, 0) is 151 Å². The van der Waals surface area contributed by atoms with Crippen LogP contribution in [-0.2, 0) is 33.6 Å². The fourth-order valence-corrected chi connectivity index (χ4v) is 7.53. The SMILES string of the molecule is CCCCOc1cccc(CCNCC(=O)N(CC)CC)c1.CCCCOc1cccc(CCNCC(=O)N(CCC)CCC)c1.CCCCOc1cccc(CCNCC(=O)N(CCCC)CCCC)c1. The number of likely N-dealkylation sites (N-methyl/N-ethyl adjacent to an activating group) is 1. The minimum Gasteiger partial charge on any atom is -0.494 e. The van der Waals surface area contributed by atoms with E-state index in [1.54, 1.807) is 0 Å². The van der Waals surface area contributed by atoms with Gasteiger partial charge in [-0.1, -0.05) is 117 Å². The van der Waals surface area contributed by atoms with Crippen LogP contribution in [0.4, 0.5) is 0 Å². The van der Waals surface area contributed by atoms with E-state index in [0.717, 1.165) is 192 Å². The number of unbranched alkanes of at least 4 members (excludes halogenated alkanes) is 5. The lowest BCUT2D eigenvalue weighted by atomic mass is 10.1. The Balaban J connectivity index is 0.000000542. The molecule has 12 nitrogen and oxygen atoms in total. The first-order chi connectivity index (χ1) is 35.1. The second kappa shape index (κ2) is 45.0. The van der Waals surface area contributed by atoms with E-state index >= 15 is 0 Å². The van der Waals surface area contributed by atoms with Crippen LogP contribution in [0.3, 0.4) is 0 Å². The number of amides is 3. The molecule has 0 bridgehead atoms. The molecule has 72 heavy (non-hydrogen) atoms. The van der Waals surface area contributed by atoms with Crippen molar-refractivity contribution in [1.82, 2.24) is 30.7 Å². The van der Waals surface area contributed by atoms with Crippen LogP contribution in [0.2, 0.25) is 0 Å². The lowest BCUT2D eigenvalue weighted by Gasteiger charge is -2.22. The number of hydrogen-bond donors (Lipinski definition) is 3. The third-order valence-electron chi connectivity index (χ3n) is 12.0. The highest BCUT2D eigenvalue weighted by atomic mass is 16.5. The number of nitrogens with one attached hydrogen (secondary N) is 3. The standard InChI is InChI=1S/C22H38N2O2.C20H34N2O2.C18H30N2O2/c1-4-7-15-24(16-8-5-2)22(25)19-23-14-13-20-11-10-12-21(18-20)26-17-9-6-3;1-4-7-15-24-19-10-8-9-18(16-19)11-12-21-17-20(23)22(13-5-2)14-6-3;1-4-7-13-22-17-10-8-9-16(14-17)11-12-19-15-18(21)20(5-2)6-3/h10-12,18,23H,4-9,13-17,19H2,1-3H3;8-10,16,21H,4-7,11-15,17H2,1-3H3;8-10,14,19H,4-7,11-13,15H2,1-3H3. The zero-order valence-electron chi connectivity index (χ0n) is 46.9. The molecule has 12 heteroatoms. The molecule has 0 radical (unpaired) electrons. The van der Waals surface area contributed by atoms with E-state index in [0.29, 0.717) is 19.6 Å². The average Bonchev–Trinajstić information content (AvgIpc) is 3.39. The second-order valence-electron chi connectivity index (χ2n) is 18.4. The Hall–Kier alpha value is -4.65. The Labute approximate surface area is 439 Å². The Morgan fingerprint density at radius 2 is 0.694 bits per heavy atom. The first-order valence-electron chi connectivity index (χ1n) is 28.2. The molecule has 3 rings (SSSR count). The maximum Gasteiger partial charge on any atom is 0.236 e. The minimum atomic E-state index is 0.168. The molecule has 3 aromatic rings. The van der Waals surface area contributed by atoms with E-state index in [2.05, 4.69) is 101 Å². The zero-order chi connectivity index (χ0) is 52.9. The van der Waals surface area contributed by atoms with Gasteiger partial charge in [-0.15, -0.1) is 0 Å². The van der Waals surface area contributed by atoms with Crippen molar-refractivity contribution in [2.75, 3.05) is 98.4 Å².